The van der Waals surface area contributed by atoms with E-state index in [-0.39, 0.29) is 32.7 Å². The van der Waals surface area contributed by atoms with Gasteiger partial charge in [0.2, 0.25) is 0 Å². The van der Waals surface area contributed by atoms with Crippen molar-refractivity contribution in [2.75, 3.05) is 0 Å². The third kappa shape index (κ3) is 2.20. The van der Waals surface area contributed by atoms with Gasteiger partial charge in [0.1, 0.15) is 0 Å². The molecule has 1 rings (SSSR count). The first kappa shape index (κ1) is 7.31. The summed E-state index contributed by atoms with van der Waals surface area (Å²) in [6, 6.07) is 1.68. The standard InChI is InChI=1S/C4H4NO.Y/c1-4-2-3-5-6-4;/h2H,1H3;/q-1;. The first-order chi connectivity index (χ1) is 2.89. The van der Waals surface area contributed by atoms with E-state index < -0.39 is 0 Å². The van der Waals surface area contributed by atoms with Gasteiger partial charge >= 0.3 is 0 Å². The topological polar surface area (TPSA) is 26.0 Å². The Morgan fingerprint density at radius 3 is 2.71 bits per heavy atom. The smallest absolute Gasteiger partial charge is 0 e. The zero-order valence-electron chi connectivity index (χ0n) is 4.01. The maximum absolute atomic E-state index is 4.53. The van der Waals surface area contributed by atoms with Crippen molar-refractivity contribution >= 4 is 0 Å². The first-order valence-corrected chi connectivity index (χ1v) is 1.69. The summed E-state index contributed by atoms with van der Waals surface area (Å²) >= 11 is 0. The molecule has 0 fully saturated rings. The number of hydrogen-bond donors (Lipinski definition) is 0. The van der Waals surface area contributed by atoms with Gasteiger partial charge in [-0.05, 0) is 5.76 Å². The minimum absolute atomic E-state index is 0. The van der Waals surface area contributed by atoms with Gasteiger partial charge in [-0.3, -0.25) is 0 Å². The second kappa shape index (κ2) is 3.33. The molecule has 0 aliphatic rings. The van der Waals surface area contributed by atoms with Crippen LogP contribution in [0.5, 0.6) is 0 Å². The monoisotopic (exact) mass is 171 g/mol. The zero-order valence-corrected chi connectivity index (χ0v) is 6.85. The third-order valence-corrected chi connectivity index (χ3v) is 0.510. The van der Waals surface area contributed by atoms with Crippen molar-refractivity contribution in [2.45, 2.75) is 6.92 Å². The van der Waals surface area contributed by atoms with Crippen LogP contribution < -0.4 is 0 Å². The largest absolute Gasteiger partial charge is 0.471 e. The molecule has 0 atom stereocenters. The molecule has 0 aliphatic carbocycles. The molecule has 3 heteroatoms. The van der Waals surface area contributed by atoms with Gasteiger partial charge in [-0.1, -0.05) is 6.92 Å². The number of rotatable bonds is 0. The molecule has 1 aromatic heterocycles. The molecule has 1 aromatic rings. The summed E-state index contributed by atoms with van der Waals surface area (Å²) in [4.78, 5) is 0. The van der Waals surface area contributed by atoms with Gasteiger partial charge in [-0.25, -0.2) is 5.16 Å². The summed E-state index contributed by atoms with van der Waals surface area (Å²) in [5.41, 5.74) is 0. The van der Waals surface area contributed by atoms with E-state index in [1.165, 1.54) is 0 Å². The second-order valence-electron chi connectivity index (χ2n) is 1.07. The fourth-order valence-corrected chi connectivity index (χ4v) is 0.242. The summed E-state index contributed by atoms with van der Waals surface area (Å²) in [6.45, 7) is 1.82. The molecule has 0 N–H and O–H groups in total. The normalized spacial score (nSPS) is 7.57. The van der Waals surface area contributed by atoms with Crippen molar-refractivity contribution in [3.05, 3.63) is 18.0 Å². The van der Waals surface area contributed by atoms with Gasteiger partial charge in [-0.2, -0.15) is 6.07 Å². The average Bonchev–Trinajstić information content (AvgIpc) is 1.86. The molecule has 0 unspecified atom stereocenters. The summed E-state index contributed by atoms with van der Waals surface area (Å²) < 4.78 is 4.53. The van der Waals surface area contributed by atoms with Crippen LogP contribution in [0.15, 0.2) is 10.6 Å². The number of nitrogens with zero attached hydrogens (tertiary/aromatic N) is 1. The third-order valence-electron chi connectivity index (χ3n) is 0.510. The fourth-order valence-electron chi connectivity index (χ4n) is 0.242. The SMILES string of the molecule is Cc1c[c-]no1.[Y]. The fraction of sp³-hybridized carbons (Fsp3) is 0.250. The second-order valence-corrected chi connectivity index (χ2v) is 1.07. The molecule has 7 heavy (non-hydrogen) atoms. The number of aromatic nitrogens is 1. The Labute approximate surface area is 67.1 Å². The Kier molecular flexibility index (Phi) is 3.48. The van der Waals surface area contributed by atoms with E-state index in [1.807, 2.05) is 6.92 Å². The van der Waals surface area contributed by atoms with Crippen molar-refractivity contribution in [1.29, 1.82) is 0 Å². The van der Waals surface area contributed by atoms with E-state index in [0.717, 1.165) is 5.76 Å². The van der Waals surface area contributed by atoms with Gasteiger partial charge in [0.15, 0.2) is 0 Å². The average molecular weight is 171 g/mol. The minimum Gasteiger partial charge on any atom is -0.471 e. The van der Waals surface area contributed by atoms with Crippen LogP contribution >= 0.6 is 0 Å². The molecule has 0 spiro atoms. The van der Waals surface area contributed by atoms with E-state index in [2.05, 4.69) is 15.9 Å². The van der Waals surface area contributed by atoms with Gasteiger partial charge < -0.3 is 4.52 Å². The van der Waals surface area contributed by atoms with Gasteiger partial charge in [0.25, 0.3) is 0 Å². The molecule has 0 saturated heterocycles. The zero-order chi connectivity index (χ0) is 4.41. The van der Waals surface area contributed by atoms with Crippen molar-refractivity contribution in [3.8, 4) is 0 Å². The van der Waals surface area contributed by atoms with Crippen LogP contribution in [-0.4, -0.2) is 5.16 Å². The van der Waals surface area contributed by atoms with Gasteiger partial charge in [0, 0.05) is 32.7 Å². The minimum atomic E-state index is 0. The van der Waals surface area contributed by atoms with Crippen molar-refractivity contribution in [1.82, 2.24) is 5.16 Å². The Morgan fingerprint density at radius 1 is 1.86 bits per heavy atom. The van der Waals surface area contributed by atoms with E-state index in [4.69, 9.17) is 0 Å². The quantitative estimate of drug-likeness (QED) is 0.539. The number of aryl methyl sites for hydroxylation is 1. The van der Waals surface area contributed by atoms with Crippen LogP contribution in [0.4, 0.5) is 0 Å². The summed E-state index contributed by atoms with van der Waals surface area (Å²) in [5.74, 6) is 0.801. The Balaban J connectivity index is 0.000000360. The summed E-state index contributed by atoms with van der Waals surface area (Å²) in [7, 11) is 0. The number of hydrogen-bond acceptors (Lipinski definition) is 2. The molecule has 0 aliphatic heterocycles. The molecule has 0 saturated carbocycles. The van der Waals surface area contributed by atoms with E-state index in [1.54, 1.807) is 6.07 Å². The van der Waals surface area contributed by atoms with E-state index >= 15 is 0 Å². The summed E-state index contributed by atoms with van der Waals surface area (Å²) in [5, 5.41) is 3.32. The molecule has 2 nitrogen and oxygen atoms in total. The maximum atomic E-state index is 4.53. The molecule has 0 amide bonds. The van der Waals surface area contributed by atoms with E-state index in [9.17, 15) is 0 Å². The van der Waals surface area contributed by atoms with Crippen LogP contribution in [0, 0.1) is 13.1 Å². The summed E-state index contributed by atoms with van der Waals surface area (Å²) in [6.07, 6.45) is 2.51. The Bertz CT molecular complexity index is 115. The molecule has 0 aromatic carbocycles. The van der Waals surface area contributed by atoms with Crippen LogP contribution in [0.1, 0.15) is 5.76 Å². The Morgan fingerprint density at radius 2 is 2.57 bits per heavy atom. The predicted molar refractivity (Wildman–Crippen MR) is 20.1 cm³/mol. The maximum Gasteiger partial charge on any atom is 0 e. The van der Waals surface area contributed by atoms with Crippen molar-refractivity contribution in [3.63, 3.8) is 0 Å². The molecule has 1 heterocycles. The van der Waals surface area contributed by atoms with Crippen molar-refractivity contribution < 1.29 is 37.2 Å². The predicted octanol–water partition coefficient (Wildman–Crippen LogP) is 0.781. The molecular weight excluding hydrogens is 167 g/mol. The van der Waals surface area contributed by atoms with Crippen LogP contribution in [-0.2, 0) is 32.7 Å². The molecule has 35 valence electrons. The van der Waals surface area contributed by atoms with Crippen LogP contribution in [0.25, 0.3) is 0 Å². The molecule has 1 radical (unpaired) electrons. The Hall–Kier alpha value is 0.314. The molecular formula is C4H4NOY-. The van der Waals surface area contributed by atoms with Crippen LogP contribution in [0.3, 0.4) is 0 Å². The van der Waals surface area contributed by atoms with Crippen molar-refractivity contribution in [2.24, 2.45) is 0 Å². The van der Waals surface area contributed by atoms with E-state index in [0.29, 0.717) is 0 Å². The van der Waals surface area contributed by atoms with Crippen LogP contribution in [0.2, 0.25) is 0 Å². The molecule has 0 bridgehead atoms. The van der Waals surface area contributed by atoms with Gasteiger partial charge in [0.05, 0.1) is 0 Å². The first-order valence-electron chi connectivity index (χ1n) is 1.69. The van der Waals surface area contributed by atoms with Gasteiger partial charge in [-0.15, -0.1) is 6.20 Å².